The Morgan fingerprint density at radius 2 is 1.51 bits per heavy atom. The predicted octanol–water partition coefficient (Wildman–Crippen LogP) is 5.74. The van der Waals surface area contributed by atoms with Crippen LogP contribution in [-0.4, -0.2) is 44.3 Å². The summed E-state index contributed by atoms with van der Waals surface area (Å²) < 4.78 is 68.9. The molecule has 0 saturated carbocycles. The number of carbonyl (C=O) groups excluding carboxylic acids is 2. The Labute approximate surface area is 243 Å². The van der Waals surface area contributed by atoms with Crippen molar-refractivity contribution in [3.63, 3.8) is 0 Å². The van der Waals surface area contributed by atoms with Gasteiger partial charge in [0.05, 0.1) is 21.2 Å². The zero-order valence-corrected chi connectivity index (χ0v) is 24.3. The third-order valence-electron chi connectivity index (χ3n) is 6.20. The lowest BCUT2D eigenvalue weighted by atomic mass is 10.1. The van der Waals surface area contributed by atoms with Gasteiger partial charge < -0.3 is 10.2 Å². The molecule has 1 N–H and O–H groups in total. The second kappa shape index (κ2) is 13.4. The molecule has 0 fully saturated rings. The highest BCUT2D eigenvalue weighted by Gasteiger charge is 2.36. The number of anilines is 1. The summed E-state index contributed by atoms with van der Waals surface area (Å²) >= 11 is 6.25. The molecule has 41 heavy (non-hydrogen) atoms. The van der Waals surface area contributed by atoms with E-state index in [2.05, 4.69) is 5.32 Å². The molecule has 0 aliphatic rings. The van der Waals surface area contributed by atoms with Gasteiger partial charge in [-0.05, 0) is 48.7 Å². The van der Waals surface area contributed by atoms with Gasteiger partial charge in [0.2, 0.25) is 11.8 Å². The van der Waals surface area contributed by atoms with Crippen LogP contribution in [0.1, 0.15) is 31.9 Å². The SMILES string of the molecule is CC(C)CNC(=O)[C@H](C)N(Cc1ccccc1)C(=O)CN(c1cc(C(F)(F)F)ccc1Cl)S(=O)(=O)c1ccccc1. The van der Waals surface area contributed by atoms with Gasteiger partial charge in [-0.15, -0.1) is 0 Å². The lowest BCUT2D eigenvalue weighted by Crippen LogP contribution is -2.51. The summed E-state index contributed by atoms with van der Waals surface area (Å²) in [6.45, 7) is 4.71. The van der Waals surface area contributed by atoms with Gasteiger partial charge in [0.1, 0.15) is 12.6 Å². The molecule has 0 saturated heterocycles. The molecular formula is C29H31ClF3N3O4S. The largest absolute Gasteiger partial charge is 0.416 e. The molecule has 0 bridgehead atoms. The summed E-state index contributed by atoms with van der Waals surface area (Å²) in [4.78, 5) is 27.8. The average Bonchev–Trinajstić information content (AvgIpc) is 2.93. The fourth-order valence-corrected chi connectivity index (χ4v) is 5.64. The third-order valence-corrected chi connectivity index (χ3v) is 8.29. The smallest absolute Gasteiger partial charge is 0.354 e. The molecule has 0 spiro atoms. The van der Waals surface area contributed by atoms with Crippen LogP contribution in [0, 0.1) is 5.92 Å². The minimum absolute atomic E-state index is 0.0501. The first kappa shape index (κ1) is 32.0. The Morgan fingerprint density at radius 3 is 2.07 bits per heavy atom. The molecule has 3 rings (SSSR count). The van der Waals surface area contributed by atoms with Gasteiger partial charge in [-0.2, -0.15) is 13.2 Å². The number of hydrogen-bond donors (Lipinski definition) is 1. The highest BCUT2D eigenvalue weighted by molar-refractivity contribution is 7.92. The summed E-state index contributed by atoms with van der Waals surface area (Å²) in [7, 11) is -4.57. The Morgan fingerprint density at radius 1 is 0.927 bits per heavy atom. The van der Waals surface area contributed by atoms with Gasteiger partial charge in [-0.25, -0.2) is 8.42 Å². The van der Waals surface area contributed by atoms with Gasteiger partial charge in [0.15, 0.2) is 0 Å². The number of carbonyl (C=O) groups is 2. The molecule has 0 heterocycles. The number of sulfonamides is 1. The Kier molecular flexibility index (Phi) is 10.4. The maximum Gasteiger partial charge on any atom is 0.416 e. The predicted molar refractivity (Wildman–Crippen MR) is 152 cm³/mol. The molecule has 7 nitrogen and oxygen atoms in total. The van der Waals surface area contributed by atoms with Crippen molar-refractivity contribution in [3.05, 3.63) is 95.0 Å². The van der Waals surface area contributed by atoms with Crippen molar-refractivity contribution in [2.24, 2.45) is 5.92 Å². The van der Waals surface area contributed by atoms with E-state index in [1.807, 2.05) is 13.8 Å². The number of alkyl halides is 3. The summed E-state index contributed by atoms with van der Waals surface area (Å²) in [6, 6.07) is 17.0. The summed E-state index contributed by atoms with van der Waals surface area (Å²) in [5, 5.41) is 2.46. The summed E-state index contributed by atoms with van der Waals surface area (Å²) in [5.41, 5.74) is -0.991. The lowest BCUT2D eigenvalue weighted by molar-refractivity contribution is -0.139. The van der Waals surface area contributed by atoms with Gasteiger partial charge in [-0.1, -0.05) is 74.0 Å². The van der Waals surface area contributed by atoms with Crippen molar-refractivity contribution >= 4 is 39.1 Å². The Balaban J connectivity index is 2.09. The number of rotatable bonds is 11. The Hall–Kier alpha value is -3.57. The summed E-state index contributed by atoms with van der Waals surface area (Å²) in [5.74, 6) is -1.13. The minimum atomic E-state index is -4.80. The second-order valence-corrected chi connectivity index (χ2v) is 12.1. The zero-order valence-electron chi connectivity index (χ0n) is 22.7. The van der Waals surface area contributed by atoms with Crippen molar-refractivity contribution in [1.82, 2.24) is 10.2 Å². The first-order valence-electron chi connectivity index (χ1n) is 12.8. The van der Waals surface area contributed by atoms with E-state index in [1.54, 1.807) is 36.4 Å². The monoisotopic (exact) mass is 609 g/mol. The van der Waals surface area contributed by atoms with Crippen molar-refractivity contribution in [2.45, 2.75) is 44.4 Å². The minimum Gasteiger partial charge on any atom is -0.354 e. The van der Waals surface area contributed by atoms with Crippen molar-refractivity contribution in [3.8, 4) is 0 Å². The van der Waals surface area contributed by atoms with E-state index in [4.69, 9.17) is 11.6 Å². The molecule has 0 aliphatic heterocycles. The van der Waals surface area contributed by atoms with E-state index in [9.17, 15) is 31.2 Å². The molecule has 3 aromatic rings. The van der Waals surface area contributed by atoms with Gasteiger partial charge in [0, 0.05) is 13.1 Å². The van der Waals surface area contributed by atoms with E-state index in [0.29, 0.717) is 22.5 Å². The van der Waals surface area contributed by atoms with E-state index in [-0.39, 0.29) is 22.4 Å². The van der Waals surface area contributed by atoms with E-state index < -0.39 is 51.9 Å². The topological polar surface area (TPSA) is 86.8 Å². The molecule has 220 valence electrons. The fraction of sp³-hybridized carbons (Fsp3) is 0.310. The van der Waals surface area contributed by atoms with Crippen LogP contribution in [0.2, 0.25) is 5.02 Å². The number of halogens is 4. The third kappa shape index (κ3) is 8.23. The standard InChI is InChI=1S/C29H31ClF3N3O4S/c1-20(2)17-34-28(38)21(3)35(18-22-10-6-4-7-11-22)27(37)19-36(41(39,40)24-12-8-5-9-13-24)26-16-23(29(31,32)33)14-15-25(26)30/h4-16,20-21H,17-19H2,1-3H3,(H,34,38)/t21-/m0/s1. The van der Waals surface area contributed by atoms with Crippen LogP contribution < -0.4 is 9.62 Å². The van der Waals surface area contributed by atoms with E-state index in [0.717, 1.165) is 12.1 Å². The maximum absolute atomic E-state index is 13.9. The maximum atomic E-state index is 13.9. The van der Waals surface area contributed by atoms with Gasteiger partial charge in [0.25, 0.3) is 10.0 Å². The second-order valence-electron chi connectivity index (χ2n) is 9.81. The lowest BCUT2D eigenvalue weighted by Gasteiger charge is -2.32. The molecular weight excluding hydrogens is 579 g/mol. The first-order valence-corrected chi connectivity index (χ1v) is 14.6. The molecule has 0 aliphatic carbocycles. The van der Waals surface area contributed by atoms with Crippen LogP contribution in [0.5, 0.6) is 0 Å². The number of nitrogens with zero attached hydrogens (tertiary/aromatic N) is 2. The van der Waals surface area contributed by atoms with Gasteiger partial charge in [-0.3, -0.25) is 13.9 Å². The molecule has 2 amide bonds. The quantitative estimate of drug-likeness (QED) is 0.300. The number of benzene rings is 3. The number of amides is 2. The average molecular weight is 610 g/mol. The fourth-order valence-electron chi connectivity index (χ4n) is 3.93. The van der Waals surface area contributed by atoms with Gasteiger partial charge >= 0.3 is 6.18 Å². The van der Waals surface area contributed by atoms with Crippen molar-refractivity contribution < 1.29 is 31.2 Å². The van der Waals surface area contributed by atoms with E-state index >= 15 is 0 Å². The molecule has 3 aromatic carbocycles. The van der Waals surface area contributed by atoms with Crippen LogP contribution in [0.3, 0.4) is 0 Å². The molecule has 0 unspecified atom stereocenters. The zero-order chi connectivity index (χ0) is 30.4. The molecule has 1 atom stereocenters. The molecule has 0 aromatic heterocycles. The normalized spacial score (nSPS) is 12.6. The summed E-state index contributed by atoms with van der Waals surface area (Å²) in [6.07, 6.45) is -4.80. The first-order chi connectivity index (χ1) is 19.2. The van der Waals surface area contributed by atoms with Crippen LogP contribution in [-0.2, 0) is 32.3 Å². The van der Waals surface area contributed by atoms with Crippen molar-refractivity contribution in [1.29, 1.82) is 0 Å². The van der Waals surface area contributed by atoms with E-state index in [1.165, 1.54) is 36.1 Å². The van der Waals surface area contributed by atoms with Crippen LogP contribution in [0.15, 0.2) is 83.8 Å². The highest BCUT2D eigenvalue weighted by Crippen LogP contribution is 2.37. The highest BCUT2D eigenvalue weighted by atomic mass is 35.5. The molecule has 12 heteroatoms. The molecule has 0 radical (unpaired) electrons. The number of hydrogen-bond acceptors (Lipinski definition) is 4. The number of nitrogens with one attached hydrogen (secondary N) is 1. The Bertz CT molecular complexity index is 1450. The van der Waals surface area contributed by atoms with Crippen LogP contribution in [0.25, 0.3) is 0 Å². The van der Waals surface area contributed by atoms with Crippen molar-refractivity contribution in [2.75, 3.05) is 17.4 Å². The van der Waals surface area contributed by atoms with Crippen LogP contribution >= 0.6 is 11.6 Å². The van der Waals surface area contributed by atoms with Crippen LogP contribution in [0.4, 0.5) is 18.9 Å².